The van der Waals surface area contributed by atoms with Gasteiger partial charge in [0.1, 0.15) is 24.6 Å². The van der Waals surface area contributed by atoms with Crippen LogP contribution in [0.4, 0.5) is 5.69 Å². The molecule has 0 amide bonds. The third kappa shape index (κ3) is 13.9. The molecule has 0 spiro atoms. The predicted octanol–water partition coefficient (Wildman–Crippen LogP) is -0.602. The lowest BCUT2D eigenvalue weighted by molar-refractivity contribution is -0.384. The van der Waals surface area contributed by atoms with Crippen molar-refractivity contribution in [3.63, 3.8) is 0 Å². The van der Waals surface area contributed by atoms with Gasteiger partial charge < -0.3 is 39.1 Å². The molecule has 236 valence electrons. The minimum Gasteiger partial charge on any atom is -0.324 e. The highest BCUT2D eigenvalue weighted by Crippen LogP contribution is 2.53. The molecule has 1 aromatic carbocycles. The molecule has 19 nitrogen and oxygen atoms in total. The highest BCUT2D eigenvalue weighted by atomic mass is 31.2. The molecule has 0 aliphatic carbocycles. The summed E-state index contributed by atoms with van der Waals surface area (Å²) in [5, 5.41) is 11.1. The maximum atomic E-state index is 12.7. The second kappa shape index (κ2) is 14.7. The molecular formula is C18H35N5O14P4. The number of nitro groups is 1. The molecule has 0 radical (unpaired) electrons. The summed E-state index contributed by atoms with van der Waals surface area (Å²) in [5.41, 5.74) is -0.320. The van der Waals surface area contributed by atoms with E-state index in [4.69, 9.17) is 0 Å². The van der Waals surface area contributed by atoms with Crippen molar-refractivity contribution >= 4 is 36.1 Å². The van der Waals surface area contributed by atoms with Crippen LogP contribution >= 0.6 is 30.4 Å². The Balaban J connectivity index is 2.49. The first kappa shape index (κ1) is 36.3. The molecule has 41 heavy (non-hydrogen) atoms. The van der Waals surface area contributed by atoms with Gasteiger partial charge in [-0.2, -0.15) is 0 Å². The van der Waals surface area contributed by atoms with E-state index in [1.54, 1.807) is 0 Å². The van der Waals surface area contributed by atoms with Crippen molar-refractivity contribution in [1.29, 1.82) is 0 Å². The van der Waals surface area contributed by atoms with Crippen LogP contribution in [-0.2, 0) is 18.3 Å². The molecule has 1 saturated heterocycles. The lowest BCUT2D eigenvalue weighted by Gasteiger charge is -2.37. The van der Waals surface area contributed by atoms with Crippen LogP contribution in [0.5, 0.6) is 0 Å². The smallest absolute Gasteiger partial charge is 0.324 e. The van der Waals surface area contributed by atoms with E-state index in [-0.39, 0.29) is 63.6 Å². The molecule has 1 unspecified atom stereocenters. The van der Waals surface area contributed by atoms with Crippen molar-refractivity contribution in [3.05, 3.63) is 39.9 Å². The molecular weight excluding hydrogens is 634 g/mol. The summed E-state index contributed by atoms with van der Waals surface area (Å²) < 4.78 is 47.9. The topological polar surface area (TPSA) is 286 Å². The van der Waals surface area contributed by atoms with E-state index in [0.29, 0.717) is 0 Å². The van der Waals surface area contributed by atoms with E-state index in [0.717, 1.165) is 12.1 Å². The molecule has 0 saturated carbocycles. The van der Waals surface area contributed by atoms with Crippen LogP contribution < -0.4 is 0 Å². The summed E-state index contributed by atoms with van der Waals surface area (Å²) in [5.74, 6) is -1.66. The third-order valence-corrected chi connectivity index (χ3v) is 9.66. The van der Waals surface area contributed by atoms with Crippen LogP contribution in [0.1, 0.15) is 11.3 Å². The van der Waals surface area contributed by atoms with Crippen LogP contribution in [-0.4, -0.2) is 135 Å². The Hall–Kier alpha value is -0.940. The molecule has 0 aromatic heterocycles. The van der Waals surface area contributed by atoms with Crippen molar-refractivity contribution in [2.45, 2.75) is 5.78 Å². The van der Waals surface area contributed by atoms with Gasteiger partial charge in [0.15, 0.2) is 0 Å². The Bertz CT molecular complexity index is 1170. The Morgan fingerprint density at radius 3 is 1.22 bits per heavy atom. The van der Waals surface area contributed by atoms with Gasteiger partial charge in [0.25, 0.3) is 5.69 Å². The third-order valence-electron chi connectivity index (χ3n) is 6.09. The SMILES string of the molecule is O=[N+]([O-])c1ccc(C(N2CCN(CP(=O)(O)O)CCN(CP(=O)(O)O)CCN(CP(=O)(O)O)CC2)P(=O)(O)O)cc1. The van der Waals surface area contributed by atoms with E-state index in [9.17, 15) is 67.5 Å². The molecule has 1 aliphatic heterocycles. The zero-order valence-electron chi connectivity index (χ0n) is 21.7. The Morgan fingerprint density at radius 1 is 0.634 bits per heavy atom. The normalized spacial score (nSPS) is 19.8. The molecule has 1 aromatic rings. The lowest BCUT2D eigenvalue weighted by atomic mass is 10.2. The monoisotopic (exact) mass is 669 g/mol. The van der Waals surface area contributed by atoms with E-state index in [1.807, 2.05) is 0 Å². The van der Waals surface area contributed by atoms with E-state index in [1.165, 1.54) is 31.7 Å². The number of nitrogens with zero attached hydrogens (tertiary/aromatic N) is 5. The molecule has 0 bridgehead atoms. The average molecular weight is 669 g/mol. The maximum Gasteiger partial charge on any atom is 0.347 e. The molecule has 1 heterocycles. The lowest BCUT2D eigenvalue weighted by Crippen LogP contribution is -2.47. The summed E-state index contributed by atoms with van der Waals surface area (Å²) in [4.78, 5) is 93.2. The van der Waals surface area contributed by atoms with Crippen molar-refractivity contribution in [3.8, 4) is 0 Å². The fourth-order valence-electron chi connectivity index (χ4n) is 4.39. The molecule has 1 aliphatic rings. The van der Waals surface area contributed by atoms with Crippen LogP contribution in [0, 0.1) is 10.1 Å². The van der Waals surface area contributed by atoms with Gasteiger partial charge in [0, 0.05) is 64.5 Å². The number of rotatable bonds is 10. The van der Waals surface area contributed by atoms with Gasteiger partial charge in [0.2, 0.25) is 0 Å². The van der Waals surface area contributed by atoms with Gasteiger partial charge in [-0.25, -0.2) is 0 Å². The van der Waals surface area contributed by atoms with Crippen molar-refractivity contribution in [2.24, 2.45) is 0 Å². The average Bonchev–Trinajstić information content (AvgIpc) is 2.77. The zero-order valence-corrected chi connectivity index (χ0v) is 25.3. The maximum absolute atomic E-state index is 12.7. The Morgan fingerprint density at radius 2 is 0.951 bits per heavy atom. The van der Waals surface area contributed by atoms with Gasteiger partial charge in [-0.15, -0.1) is 0 Å². The standard InChI is InChI=1S/C18H35N5O14P4/c24-23(25)17-3-1-16(2-4-17)18(41(35,36)37)22-11-9-20(14-39(29,30)31)7-5-19(13-38(26,27)28)6-8-21(10-12-22)15-40(32,33)34/h1-4,18H,5-15H2,(H2,26,27,28)(H2,29,30,31)(H2,32,33,34)(H2,35,36,37). The quantitative estimate of drug-likeness (QED) is 0.0876. The van der Waals surface area contributed by atoms with Gasteiger partial charge >= 0.3 is 30.4 Å². The summed E-state index contributed by atoms with van der Waals surface area (Å²) in [6.45, 7) is -1.19. The summed E-state index contributed by atoms with van der Waals surface area (Å²) in [6.07, 6.45) is -2.23. The van der Waals surface area contributed by atoms with Crippen molar-refractivity contribution < 1.29 is 62.3 Å². The van der Waals surface area contributed by atoms with Gasteiger partial charge in [-0.3, -0.25) is 48.0 Å². The molecule has 1 fully saturated rings. The summed E-state index contributed by atoms with van der Waals surface area (Å²) in [6, 6.07) is 4.45. The van der Waals surface area contributed by atoms with Gasteiger partial charge in [0.05, 0.1) is 4.92 Å². The number of nitro benzene ring substituents is 1. The fourth-order valence-corrected chi connectivity index (χ4v) is 8.02. The van der Waals surface area contributed by atoms with Crippen molar-refractivity contribution in [1.82, 2.24) is 19.6 Å². The first-order valence-corrected chi connectivity index (χ1v) is 19.0. The number of hydrogen-bond donors (Lipinski definition) is 8. The van der Waals surface area contributed by atoms with Gasteiger partial charge in [-0.05, 0) is 17.7 Å². The Kier molecular flexibility index (Phi) is 13.0. The second-order valence-corrected chi connectivity index (χ2v) is 16.1. The number of hydrogen-bond acceptors (Lipinski definition) is 10. The second-order valence-electron chi connectivity index (χ2n) is 9.62. The summed E-state index contributed by atoms with van der Waals surface area (Å²) in [7, 11) is -18.9. The number of benzene rings is 1. The van der Waals surface area contributed by atoms with E-state index >= 15 is 0 Å². The van der Waals surface area contributed by atoms with Gasteiger partial charge in [-0.1, -0.05) is 0 Å². The predicted molar refractivity (Wildman–Crippen MR) is 145 cm³/mol. The van der Waals surface area contributed by atoms with Crippen molar-refractivity contribution in [2.75, 3.05) is 71.2 Å². The van der Waals surface area contributed by atoms with Crippen LogP contribution in [0.25, 0.3) is 0 Å². The van der Waals surface area contributed by atoms with Crippen LogP contribution in [0.3, 0.4) is 0 Å². The fraction of sp³-hybridized carbons (Fsp3) is 0.667. The van der Waals surface area contributed by atoms with E-state index < -0.39 is 59.9 Å². The highest BCUT2D eigenvalue weighted by molar-refractivity contribution is 7.52. The largest absolute Gasteiger partial charge is 0.347 e. The number of non-ortho nitro benzene ring substituents is 1. The molecule has 8 N–H and O–H groups in total. The first-order valence-electron chi connectivity index (χ1n) is 12.0. The van der Waals surface area contributed by atoms with Crippen LogP contribution in [0.15, 0.2) is 24.3 Å². The zero-order chi connectivity index (χ0) is 31.2. The molecule has 23 heteroatoms. The Labute approximate surface area is 235 Å². The molecule has 2 rings (SSSR count). The molecule has 1 atom stereocenters. The highest BCUT2D eigenvalue weighted by Gasteiger charge is 2.37. The minimum atomic E-state index is -5.02. The summed E-state index contributed by atoms with van der Waals surface area (Å²) >= 11 is 0. The minimum absolute atomic E-state index is 0.00641. The first-order chi connectivity index (χ1) is 18.6. The van der Waals surface area contributed by atoms with Crippen LogP contribution in [0.2, 0.25) is 0 Å². The van der Waals surface area contributed by atoms with E-state index in [2.05, 4.69) is 0 Å².